The zero-order chi connectivity index (χ0) is 13.8. The number of ether oxygens (including phenoxy) is 1. The van der Waals surface area contributed by atoms with Gasteiger partial charge in [0.2, 0.25) is 5.88 Å². The monoisotopic (exact) mass is 265 g/mol. The molecule has 4 nitrogen and oxygen atoms in total. The first-order valence-corrected chi connectivity index (χ1v) is 5.66. The van der Waals surface area contributed by atoms with Crippen LogP contribution in [0.5, 0.6) is 5.88 Å². The Labute approximate surface area is 109 Å². The van der Waals surface area contributed by atoms with E-state index in [2.05, 4.69) is 9.97 Å². The van der Waals surface area contributed by atoms with E-state index in [1.54, 1.807) is 0 Å². The van der Waals surface area contributed by atoms with Gasteiger partial charge in [-0.1, -0.05) is 6.07 Å². The number of hydrogen-bond donors (Lipinski definition) is 1. The topological polar surface area (TPSA) is 61.0 Å². The molecule has 2 aromatic rings. The number of hydrogen-bond acceptors (Lipinski definition) is 4. The van der Waals surface area contributed by atoms with Gasteiger partial charge in [0.25, 0.3) is 0 Å². The highest BCUT2D eigenvalue weighted by Crippen LogP contribution is 2.22. The molecule has 19 heavy (non-hydrogen) atoms. The Balaban J connectivity index is 2.20. The van der Waals surface area contributed by atoms with E-state index in [1.807, 2.05) is 0 Å². The van der Waals surface area contributed by atoms with Crippen molar-refractivity contribution >= 4 is 0 Å². The molecule has 1 atom stereocenters. The second-order valence-corrected chi connectivity index (χ2v) is 4.01. The fourth-order valence-corrected chi connectivity index (χ4v) is 1.76. The quantitative estimate of drug-likeness (QED) is 0.918. The van der Waals surface area contributed by atoms with Gasteiger partial charge < -0.3 is 10.5 Å². The van der Waals surface area contributed by atoms with Crippen molar-refractivity contribution in [3.63, 3.8) is 0 Å². The Kier molecular flexibility index (Phi) is 4.01. The summed E-state index contributed by atoms with van der Waals surface area (Å²) in [6.07, 6.45) is 3.31. The van der Waals surface area contributed by atoms with Gasteiger partial charge in [-0.3, -0.25) is 4.98 Å². The highest BCUT2D eigenvalue weighted by molar-refractivity contribution is 5.25. The van der Waals surface area contributed by atoms with Crippen LogP contribution in [0.4, 0.5) is 8.78 Å². The number of benzene rings is 1. The zero-order valence-electron chi connectivity index (χ0n) is 10.3. The first-order chi connectivity index (χ1) is 9.11. The SMILES string of the molecule is COc1nccnc1C(N)Cc1ccc(F)c(F)c1. The molecule has 6 heteroatoms. The van der Waals surface area contributed by atoms with E-state index >= 15 is 0 Å². The fraction of sp³-hybridized carbons (Fsp3) is 0.231. The highest BCUT2D eigenvalue weighted by Gasteiger charge is 2.15. The number of nitrogens with zero attached hydrogens (tertiary/aromatic N) is 2. The zero-order valence-corrected chi connectivity index (χ0v) is 10.3. The number of methoxy groups -OCH3 is 1. The van der Waals surface area contributed by atoms with E-state index < -0.39 is 17.7 Å². The van der Waals surface area contributed by atoms with Crippen molar-refractivity contribution in [2.75, 3.05) is 7.11 Å². The summed E-state index contributed by atoms with van der Waals surface area (Å²) in [5, 5.41) is 0. The van der Waals surface area contributed by atoms with E-state index in [9.17, 15) is 8.78 Å². The van der Waals surface area contributed by atoms with Gasteiger partial charge in [-0.15, -0.1) is 0 Å². The van der Waals surface area contributed by atoms with Crippen molar-refractivity contribution in [2.45, 2.75) is 12.5 Å². The average molecular weight is 265 g/mol. The van der Waals surface area contributed by atoms with Gasteiger partial charge in [0.1, 0.15) is 5.69 Å². The van der Waals surface area contributed by atoms with Crippen molar-refractivity contribution < 1.29 is 13.5 Å². The van der Waals surface area contributed by atoms with Crippen LogP contribution in [0.3, 0.4) is 0 Å². The van der Waals surface area contributed by atoms with Crippen molar-refractivity contribution in [3.8, 4) is 5.88 Å². The maximum atomic E-state index is 13.1. The lowest BCUT2D eigenvalue weighted by Gasteiger charge is -2.13. The summed E-state index contributed by atoms with van der Waals surface area (Å²) in [6, 6.07) is 3.18. The number of aromatic nitrogens is 2. The van der Waals surface area contributed by atoms with Crippen LogP contribution >= 0.6 is 0 Å². The third-order valence-electron chi connectivity index (χ3n) is 2.68. The van der Waals surface area contributed by atoms with Crippen LogP contribution in [0.2, 0.25) is 0 Å². The van der Waals surface area contributed by atoms with E-state index in [4.69, 9.17) is 10.5 Å². The van der Waals surface area contributed by atoms with E-state index in [-0.39, 0.29) is 0 Å². The normalized spacial score (nSPS) is 12.2. The van der Waals surface area contributed by atoms with Crippen molar-refractivity contribution in [2.24, 2.45) is 5.73 Å². The third-order valence-corrected chi connectivity index (χ3v) is 2.68. The maximum Gasteiger partial charge on any atom is 0.236 e. The molecule has 0 radical (unpaired) electrons. The van der Waals surface area contributed by atoms with Crippen LogP contribution in [0.25, 0.3) is 0 Å². The standard InChI is InChI=1S/C13H13F2N3O/c1-19-13-12(17-4-5-18-13)11(16)7-8-2-3-9(14)10(15)6-8/h2-6,11H,7,16H2,1H3. The largest absolute Gasteiger partial charge is 0.480 e. The Morgan fingerprint density at radius 1 is 1.21 bits per heavy atom. The lowest BCUT2D eigenvalue weighted by Crippen LogP contribution is -2.16. The molecule has 1 aromatic carbocycles. The molecule has 0 aliphatic rings. The molecule has 0 spiro atoms. The summed E-state index contributed by atoms with van der Waals surface area (Å²) in [5.74, 6) is -1.44. The van der Waals surface area contributed by atoms with E-state index in [0.29, 0.717) is 23.6 Å². The molecule has 0 fully saturated rings. The van der Waals surface area contributed by atoms with Crippen LogP contribution in [0.15, 0.2) is 30.6 Å². The molecule has 0 aliphatic carbocycles. The number of nitrogens with two attached hydrogens (primary N) is 1. The minimum Gasteiger partial charge on any atom is -0.480 e. The van der Waals surface area contributed by atoms with Gasteiger partial charge >= 0.3 is 0 Å². The van der Waals surface area contributed by atoms with Gasteiger partial charge in [-0.2, -0.15) is 0 Å². The summed E-state index contributed by atoms with van der Waals surface area (Å²) < 4.78 is 31.0. The second-order valence-electron chi connectivity index (χ2n) is 4.01. The summed E-state index contributed by atoms with van der Waals surface area (Å²) in [5.41, 5.74) is 7.06. The molecule has 0 aliphatic heterocycles. The van der Waals surface area contributed by atoms with Gasteiger partial charge in [0.05, 0.1) is 13.2 Å². The van der Waals surface area contributed by atoms with Gasteiger partial charge in [-0.25, -0.2) is 13.8 Å². The van der Waals surface area contributed by atoms with Crippen LogP contribution in [0.1, 0.15) is 17.3 Å². The molecular formula is C13H13F2N3O. The smallest absolute Gasteiger partial charge is 0.236 e. The summed E-state index contributed by atoms with van der Waals surface area (Å²) in [4.78, 5) is 8.10. The first-order valence-electron chi connectivity index (χ1n) is 5.66. The predicted molar refractivity (Wildman–Crippen MR) is 65.6 cm³/mol. The average Bonchev–Trinajstić information content (AvgIpc) is 2.43. The van der Waals surface area contributed by atoms with Crippen LogP contribution in [0, 0.1) is 11.6 Å². The van der Waals surface area contributed by atoms with Crippen molar-refractivity contribution in [3.05, 3.63) is 53.5 Å². The molecule has 2 N–H and O–H groups in total. The van der Waals surface area contributed by atoms with E-state index in [1.165, 1.54) is 25.6 Å². The molecule has 2 rings (SSSR count). The van der Waals surface area contributed by atoms with Crippen LogP contribution in [-0.4, -0.2) is 17.1 Å². The third kappa shape index (κ3) is 3.03. The van der Waals surface area contributed by atoms with Gasteiger partial charge in [-0.05, 0) is 24.1 Å². The summed E-state index contributed by atoms with van der Waals surface area (Å²) >= 11 is 0. The van der Waals surface area contributed by atoms with Crippen LogP contribution in [-0.2, 0) is 6.42 Å². The molecule has 1 aromatic heterocycles. The summed E-state index contributed by atoms with van der Waals surface area (Å²) in [7, 11) is 1.47. The highest BCUT2D eigenvalue weighted by atomic mass is 19.2. The maximum absolute atomic E-state index is 13.1. The molecule has 0 saturated heterocycles. The van der Waals surface area contributed by atoms with Crippen molar-refractivity contribution in [1.29, 1.82) is 0 Å². The fourth-order valence-electron chi connectivity index (χ4n) is 1.76. The summed E-state index contributed by atoms with van der Waals surface area (Å²) in [6.45, 7) is 0. The Bertz CT molecular complexity index is 578. The molecule has 1 heterocycles. The molecule has 0 amide bonds. The van der Waals surface area contributed by atoms with E-state index in [0.717, 1.165) is 12.1 Å². The Morgan fingerprint density at radius 3 is 2.63 bits per heavy atom. The first kappa shape index (κ1) is 13.4. The molecule has 100 valence electrons. The number of halogens is 2. The molecule has 0 saturated carbocycles. The van der Waals surface area contributed by atoms with Crippen LogP contribution < -0.4 is 10.5 Å². The van der Waals surface area contributed by atoms with Gasteiger partial charge in [0.15, 0.2) is 11.6 Å². The Hall–Kier alpha value is -2.08. The predicted octanol–water partition coefficient (Wildman–Crippen LogP) is 2.01. The lowest BCUT2D eigenvalue weighted by atomic mass is 10.0. The lowest BCUT2D eigenvalue weighted by molar-refractivity contribution is 0.384. The second kappa shape index (κ2) is 5.71. The van der Waals surface area contributed by atoms with Gasteiger partial charge in [0, 0.05) is 12.4 Å². The Morgan fingerprint density at radius 2 is 1.95 bits per heavy atom. The van der Waals surface area contributed by atoms with Crippen molar-refractivity contribution in [1.82, 2.24) is 9.97 Å². The number of rotatable bonds is 4. The molecule has 0 bridgehead atoms. The molecule has 1 unspecified atom stereocenters. The molecular weight excluding hydrogens is 252 g/mol. The minimum atomic E-state index is -0.893. The minimum absolute atomic E-state index is 0.312.